The number of halogens is 1. The van der Waals surface area contributed by atoms with Gasteiger partial charge in [0.1, 0.15) is 11.5 Å². The average molecular weight is 249 g/mol. The summed E-state index contributed by atoms with van der Waals surface area (Å²) in [5, 5.41) is 9.64. The summed E-state index contributed by atoms with van der Waals surface area (Å²) in [5.41, 5.74) is 2.00. The second kappa shape index (κ2) is 4.04. The third kappa shape index (κ3) is 1.69. The number of nitrogens with zero attached hydrogens (tertiary/aromatic N) is 3. The van der Waals surface area contributed by atoms with Gasteiger partial charge in [-0.05, 0) is 25.1 Å². The first-order chi connectivity index (χ1) is 8.29. The third-order valence-corrected chi connectivity index (χ3v) is 3.15. The first-order valence-corrected chi connectivity index (χ1v) is 6.12. The van der Waals surface area contributed by atoms with Crippen LogP contribution >= 0.6 is 11.6 Å². The van der Waals surface area contributed by atoms with E-state index < -0.39 is 0 Å². The molecule has 0 fully saturated rings. The first kappa shape index (κ1) is 10.6. The minimum absolute atomic E-state index is 0.730. The number of hydrogen-bond donors (Lipinski definition) is 1. The van der Waals surface area contributed by atoms with Gasteiger partial charge in [0, 0.05) is 23.5 Å². The molecule has 0 bridgehead atoms. The molecule has 5 heteroatoms. The van der Waals surface area contributed by atoms with Crippen molar-refractivity contribution in [3.63, 3.8) is 0 Å². The minimum Gasteiger partial charge on any atom is -0.367 e. The molecule has 4 nitrogen and oxygen atoms in total. The van der Waals surface area contributed by atoms with E-state index in [4.69, 9.17) is 11.6 Å². The number of rotatable bonds is 2. The van der Waals surface area contributed by atoms with Gasteiger partial charge < -0.3 is 5.32 Å². The van der Waals surface area contributed by atoms with Crippen molar-refractivity contribution in [2.75, 3.05) is 13.1 Å². The Morgan fingerprint density at radius 2 is 2.35 bits per heavy atom. The molecule has 1 aliphatic rings. The number of hydrogen-bond acceptors (Lipinski definition) is 3. The van der Waals surface area contributed by atoms with Crippen LogP contribution in [0.4, 0.5) is 0 Å². The highest BCUT2D eigenvalue weighted by Crippen LogP contribution is 2.23. The Labute approximate surface area is 104 Å². The summed E-state index contributed by atoms with van der Waals surface area (Å²) in [4.78, 5) is 4.42. The van der Waals surface area contributed by atoms with Crippen molar-refractivity contribution in [2.24, 2.45) is 4.99 Å². The van der Waals surface area contributed by atoms with Crippen LogP contribution < -0.4 is 5.32 Å². The molecule has 0 unspecified atom stereocenters. The average Bonchev–Trinajstić information content (AvgIpc) is 2.94. The normalized spacial score (nSPS) is 15.1. The zero-order valence-electron chi connectivity index (χ0n) is 9.57. The fourth-order valence-electron chi connectivity index (χ4n) is 2.12. The second-order valence-corrected chi connectivity index (χ2v) is 4.42. The molecule has 1 aromatic heterocycles. The summed E-state index contributed by atoms with van der Waals surface area (Å²) in [6, 6.07) is 5.85. The summed E-state index contributed by atoms with van der Waals surface area (Å²) >= 11 is 6.05. The van der Waals surface area contributed by atoms with Crippen molar-refractivity contribution < 1.29 is 0 Å². The topological polar surface area (TPSA) is 42.2 Å². The lowest BCUT2D eigenvalue weighted by Gasteiger charge is -1.98. The lowest BCUT2D eigenvalue weighted by molar-refractivity contribution is 0.681. The number of benzene rings is 1. The molecular weight excluding hydrogens is 236 g/mol. The van der Waals surface area contributed by atoms with Gasteiger partial charge in [0.25, 0.3) is 0 Å². The van der Waals surface area contributed by atoms with Crippen molar-refractivity contribution >= 4 is 28.3 Å². The van der Waals surface area contributed by atoms with E-state index in [0.717, 1.165) is 47.1 Å². The van der Waals surface area contributed by atoms with Crippen LogP contribution in [0.25, 0.3) is 10.9 Å². The Morgan fingerprint density at radius 3 is 3.06 bits per heavy atom. The highest BCUT2D eigenvalue weighted by Gasteiger charge is 2.17. The number of aromatic nitrogens is 2. The summed E-state index contributed by atoms with van der Waals surface area (Å²) in [7, 11) is 0. The van der Waals surface area contributed by atoms with Crippen molar-refractivity contribution in [2.45, 2.75) is 13.5 Å². The van der Waals surface area contributed by atoms with Gasteiger partial charge in [0.2, 0.25) is 0 Å². The zero-order chi connectivity index (χ0) is 11.8. The SMILES string of the molecule is CCn1nc(C2=NCCN2)c2cc(Cl)ccc21. The minimum atomic E-state index is 0.730. The number of nitrogens with one attached hydrogen (secondary N) is 1. The number of amidine groups is 1. The van der Waals surface area contributed by atoms with Gasteiger partial charge >= 0.3 is 0 Å². The van der Waals surface area contributed by atoms with Gasteiger partial charge in [0.05, 0.1) is 12.1 Å². The first-order valence-electron chi connectivity index (χ1n) is 5.74. The van der Waals surface area contributed by atoms with Crippen LogP contribution in [0.5, 0.6) is 0 Å². The van der Waals surface area contributed by atoms with Gasteiger partial charge in [-0.15, -0.1) is 0 Å². The van der Waals surface area contributed by atoms with Gasteiger partial charge in [-0.1, -0.05) is 11.6 Å². The van der Waals surface area contributed by atoms with E-state index in [1.54, 1.807) is 0 Å². The summed E-state index contributed by atoms with van der Waals surface area (Å²) in [5.74, 6) is 0.879. The molecule has 0 radical (unpaired) electrons. The molecule has 88 valence electrons. The van der Waals surface area contributed by atoms with Gasteiger partial charge in [0.15, 0.2) is 0 Å². The third-order valence-electron chi connectivity index (χ3n) is 2.91. The Morgan fingerprint density at radius 1 is 1.47 bits per heavy atom. The van der Waals surface area contributed by atoms with Crippen LogP contribution in [0.1, 0.15) is 12.6 Å². The van der Waals surface area contributed by atoms with Gasteiger partial charge in [-0.2, -0.15) is 5.10 Å². The van der Waals surface area contributed by atoms with Crippen LogP contribution in [-0.4, -0.2) is 28.7 Å². The molecule has 0 saturated carbocycles. The van der Waals surface area contributed by atoms with Crippen LogP contribution in [0.3, 0.4) is 0 Å². The maximum Gasteiger partial charge on any atom is 0.149 e. The van der Waals surface area contributed by atoms with E-state index in [1.807, 2.05) is 22.9 Å². The Balaban J connectivity index is 2.26. The molecule has 2 heterocycles. The maximum atomic E-state index is 6.05. The van der Waals surface area contributed by atoms with Crippen LogP contribution in [0.15, 0.2) is 23.2 Å². The smallest absolute Gasteiger partial charge is 0.149 e. The van der Waals surface area contributed by atoms with Crippen molar-refractivity contribution in [1.82, 2.24) is 15.1 Å². The van der Waals surface area contributed by atoms with Crippen LogP contribution in [0, 0.1) is 0 Å². The number of aryl methyl sites for hydroxylation is 1. The van der Waals surface area contributed by atoms with E-state index in [0.29, 0.717) is 0 Å². The number of fused-ring (bicyclic) bond motifs is 1. The highest BCUT2D eigenvalue weighted by molar-refractivity contribution is 6.31. The Bertz CT molecular complexity index is 600. The summed E-state index contributed by atoms with van der Waals surface area (Å²) in [6.07, 6.45) is 0. The summed E-state index contributed by atoms with van der Waals surface area (Å²) < 4.78 is 1.98. The molecule has 0 saturated heterocycles. The molecule has 3 rings (SSSR count). The molecule has 0 spiro atoms. The molecule has 17 heavy (non-hydrogen) atoms. The maximum absolute atomic E-state index is 6.05. The fraction of sp³-hybridized carbons (Fsp3) is 0.333. The lowest BCUT2D eigenvalue weighted by Crippen LogP contribution is -2.20. The van der Waals surface area contributed by atoms with Crippen LogP contribution in [-0.2, 0) is 6.54 Å². The highest BCUT2D eigenvalue weighted by atomic mass is 35.5. The predicted octanol–water partition coefficient (Wildman–Crippen LogP) is 2.06. The molecule has 1 N–H and O–H groups in total. The lowest BCUT2D eigenvalue weighted by atomic mass is 10.2. The Hall–Kier alpha value is -1.55. The van der Waals surface area contributed by atoms with Crippen molar-refractivity contribution in [3.8, 4) is 0 Å². The van der Waals surface area contributed by atoms with Crippen molar-refractivity contribution in [3.05, 3.63) is 28.9 Å². The molecule has 2 aromatic rings. The van der Waals surface area contributed by atoms with Gasteiger partial charge in [-0.25, -0.2) is 0 Å². The second-order valence-electron chi connectivity index (χ2n) is 3.98. The summed E-state index contributed by atoms with van der Waals surface area (Å²) in [6.45, 7) is 4.62. The molecule has 0 amide bonds. The molecule has 1 aliphatic heterocycles. The quantitative estimate of drug-likeness (QED) is 0.884. The van der Waals surface area contributed by atoms with Crippen LogP contribution in [0.2, 0.25) is 5.02 Å². The van der Waals surface area contributed by atoms with E-state index in [2.05, 4.69) is 22.3 Å². The van der Waals surface area contributed by atoms with E-state index in [1.165, 1.54) is 0 Å². The van der Waals surface area contributed by atoms with Gasteiger partial charge in [-0.3, -0.25) is 9.67 Å². The standard InChI is InChI=1S/C12H13ClN4/c1-2-17-10-4-3-8(13)7-9(10)11(16-17)12-14-5-6-15-12/h3-4,7H,2,5-6H2,1H3,(H,14,15). The monoisotopic (exact) mass is 248 g/mol. The van der Waals surface area contributed by atoms with Crippen molar-refractivity contribution in [1.29, 1.82) is 0 Å². The molecular formula is C12H13ClN4. The zero-order valence-corrected chi connectivity index (χ0v) is 10.3. The van der Waals surface area contributed by atoms with E-state index in [9.17, 15) is 0 Å². The molecule has 0 atom stereocenters. The predicted molar refractivity (Wildman–Crippen MR) is 69.8 cm³/mol. The Kier molecular flexibility index (Phi) is 2.52. The number of aliphatic imine (C=N–C) groups is 1. The van der Waals surface area contributed by atoms with E-state index >= 15 is 0 Å². The fourth-order valence-corrected chi connectivity index (χ4v) is 2.30. The molecule has 1 aromatic carbocycles. The van der Waals surface area contributed by atoms with E-state index in [-0.39, 0.29) is 0 Å². The molecule has 0 aliphatic carbocycles. The largest absolute Gasteiger partial charge is 0.367 e.